The van der Waals surface area contributed by atoms with E-state index < -0.39 is 12.1 Å². The fourth-order valence-electron chi connectivity index (χ4n) is 7.97. The van der Waals surface area contributed by atoms with Crippen LogP contribution in [-0.4, -0.2) is 59.8 Å². The molecule has 1 heterocycles. The molecule has 1 aromatic carbocycles. The number of amides is 1. The summed E-state index contributed by atoms with van der Waals surface area (Å²) in [6, 6.07) is 8.60. The van der Waals surface area contributed by atoms with E-state index in [9.17, 15) is 18.0 Å². The number of aliphatic carboxylic acids is 1. The van der Waals surface area contributed by atoms with E-state index in [1.54, 1.807) is 0 Å². The van der Waals surface area contributed by atoms with Crippen molar-refractivity contribution < 1.29 is 27.9 Å². The Bertz CT molecular complexity index is 1220. The molecule has 0 spiro atoms. The summed E-state index contributed by atoms with van der Waals surface area (Å²) in [7, 11) is 4.06. The summed E-state index contributed by atoms with van der Waals surface area (Å²) >= 11 is 0. The molecule has 0 saturated heterocycles. The van der Waals surface area contributed by atoms with E-state index in [4.69, 9.17) is 19.9 Å². The molecule has 5 aliphatic carbocycles. The summed E-state index contributed by atoms with van der Waals surface area (Å²) in [4.78, 5) is 33.8. The molecule has 224 valence electrons. The first-order chi connectivity index (χ1) is 19.4. The van der Waals surface area contributed by atoms with Gasteiger partial charge in [-0.2, -0.15) is 18.2 Å². The van der Waals surface area contributed by atoms with Gasteiger partial charge < -0.3 is 20.6 Å². The van der Waals surface area contributed by atoms with Gasteiger partial charge in [0.25, 0.3) is 0 Å². The number of para-hydroxylation sites is 1. The van der Waals surface area contributed by atoms with E-state index in [1.807, 2.05) is 26.2 Å². The number of carbonyl (C=O) groups excluding carboxylic acids is 1. The maximum absolute atomic E-state index is 13.3. The number of carboxylic acids is 1. The summed E-state index contributed by atoms with van der Waals surface area (Å²) < 4.78 is 31.7. The third-order valence-corrected chi connectivity index (χ3v) is 9.50. The predicted molar refractivity (Wildman–Crippen MR) is 151 cm³/mol. The number of hydrogen-bond donors (Lipinski definition) is 3. The highest BCUT2D eigenvalue weighted by Gasteiger charge is 2.54. The first kappa shape index (κ1) is 29.4. The normalized spacial score (nSPS) is 30.3. The van der Waals surface area contributed by atoms with Gasteiger partial charge in [0, 0.05) is 37.5 Å². The molecule has 3 N–H and O–H groups in total. The number of halogens is 3. The van der Waals surface area contributed by atoms with E-state index in [1.165, 1.54) is 19.3 Å². The number of alkyl halides is 3. The third-order valence-electron chi connectivity index (χ3n) is 9.50. The van der Waals surface area contributed by atoms with Crippen LogP contribution < -0.4 is 15.5 Å². The Morgan fingerprint density at radius 1 is 0.976 bits per heavy atom. The van der Waals surface area contributed by atoms with Gasteiger partial charge in [0.1, 0.15) is 5.82 Å². The Labute approximate surface area is 238 Å². The second-order valence-electron chi connectivity index (χ2n) is 12.9. The lowest BCUT2D eigenvalue weighted by Crippen LogP contribution is -2.54. The molecule has 5 fully saturated rings. The maximum Gasteiger partial charge on any atom is 0.490 e. The lowest BCUT2D eigenvalue weighted by molar-refractivity contribution is -0.192. The summed E-state index contributed by atoms with van der Waals surface area (Å²) in [5.41, 5.74) is 0.954. The van der Waals surface area contributed by atoms with Crippen LogP contribution in [0.25, 0.3) is 10.9 Å². The highest BCUT2D eigenvalue weighted by molar-refractivity contribution is 5.90. The number of benzene rings is 1. The van der Waals surface area contributed by atoms with Gasteiger partial charge in [-0.25, -0.2) is 9.78 Å². The van der Waals surface area contributed by atoms with Crippen LogP contribution in [-0.2, 0) is 9.59 Å². The number of carbonyl (C=O) groups is 2. The number of rotatable bonds is 6. The topological polar surface area (TPSA) is 107 Å². The van der Waals surface area contributed by atoms with Crippen molar-refractivity contribution in [3.8, 4) is 0 Å². The van der Waals surface area contributed by atoms with Crippen LogP contribution in [0.5, 0.6) is 0 Å². The first-order valence-corrected chi connectivity index (χ1v) is 14.7. The van der Waals surface area contributed by atoms with Gasteiger partial charge in [-0.15, -0.1) is 0 Å². The number of carboxylic acid groups (broad SMARTS) is 1. The largest absolute Gasteiger partial charge is 0.490 e. The second kappa shape index (κ2) is 11.6. The van der Waals surface area contributed by atoms with Crippen molar-refractivity contribution in [2.45, 2.75) is 76.4 Å². The van der Waals surface area contributed by atoms with Crippen LogP contribution >= 0.6 is 0 Å². The minimum Gasteiger partial charge on any atom is -0.475 e. The maximum atomic E-state index is 13.3. The molecule has 1 aromatic heterocycles. The molecule has 5 saturated carbocycles. The van der Waals surface area contributed by atoms with E-state index in [2.05, 4.69) is 27.7 Å². The SMILES string of the molecule is CN(C)c1nc(NC2CCC(CNC(=O)C34CC5CC(CC(C5)C3)C4)CC2)nc2ccccc12.O=C(O)C(F)(F)F. The highest BCUT2D eigenvalue weighted by atomic mass is 19.4. The summed E-state index contributed by atoms with van der Waals surface area (Å²) in [6.45, 7) is 0.852. The first-order valence-electron chi connectivity index (χ1n) is 14.7. The minimum atomic E-state index is -5.08. The molecule has 7 rings (SSSR count). The van der Waals surface area contributed by atoms with Crippen molar-refractivity contribution in [2.24, 2.45) is 29.1 Å². The van der Waals surface area contributed by atoms with Crippen molar-refractivity contribution in [1.82, 2.24) is 15.3 Å². The van der Waals surface area contributed by atoms with Gasteiger partial charge in [0.2, 0.25) is 11.9 Å². The molecule has 0 atom stereocenters. The Kier molecular flexibility index (Phi) is 8.34. The minimum absolute atomic E-state index is 0.0227. The molecular formula is C30H40F3N5O3. The van der Waals surface area contributed by atoms with Gasteiger partial charge in [0.05, 0.1) is 5.52 Å². The average molecular weight is 576 g/mol. The molecule has 0 aliphatic heterocycles. The van der Waals surface area contributed by atoms with E-state index in [0.29, 0.717) is 17.9 Å². The van der Waals surface area contributed by atoms with Crippen molar-refractivity contribution >= 4 is 34.5 Å². The number of aromatic nitrogens is 2. The molecule has 0 unspecified atom stereocenters. The number of hydrogen-bond acceptors (Lipinski definition) is 6. The molecule has 4 bridgehead atoms. The predicted octanol–water partition coefficient (Wildman–Crippen LogP) is 5.63. The quantitative estimate of drug-likeness (QED) is 0.410. The zero-order valence-electron chi connectivity index (χ0n) is 23.7. The monoisotopic (exact) mass is 575 g/mol. The van der Waals surface area contributed by atoms with Gasteiger partial charge in [-0.3, -0.25) is 4.79 Å². The van der Waals surface area contributed by atoms with Crippen LogP contribution in [0.4, 0.5) is 24.9 Å². The lowest BCUT2D eigenvalue weighted by atomic mass is 9.49. The van der Waals surface area contributed by atoms with Crippen LogP contribution in [0.15, 0.2) is 24.3 Å². The van der Waals surface area contributed by atoms with Crippen LogP contribution in [0.1, 0.15) is 64.2 Å². The number of nitrogens with one attached hydrogen (secondary N) is 2. The fraction of sp³-hybridized carbons (Fsp3) is 0.667. The Hall–Kier alpha value is -3.11. The van der Waals surface area contributed by atoms with Gasteiger partial charge >= 0.3 is 12.1 Å². The number of fused-ring (bicyclic) bond motifs is 1. The van der Waals surface area contributed by atoms with Crippen molar-refractivity contribution in [3.63, 3.8) is 0 Å². The molecule has 1 amide bonds. The Morgan fingerprint density at radius 2 is 1.54 bits per heavy atom. The molecule has 0 radical (unpaired) electrons. The summed E-state index contributed by atoms with van der Waals surface area (Å²) in [6.07, 6.45) is 7.05. The molecular weight excluding hydrogens is 535 g/mol. The lowest BCUT2D eigenvalue weighted by Gasteiger charge is -2.55. The molecule has 5 aliphatic rings. The molecule has 41 heavy (non-hydrogen) atoms. The summed E-state index contributed by atoms with van der Waals surface area (Å²) in [5.74, 6) is 2.36. The van der Waals surface area contributed by atoms with Crippen molar-refractivity contribution in [3.05, 3.63) is 24.3 Å². The van der Waals surface area contributed by atoms with Gasteiger partial charge in [-0.05, 0) is 100 Å². The van der Waals surface area contributed by atoms with Crippen molar-refractivity contribution in [2.75, 3.05) is 30.9 Å². The summed E-state index contributed by atoms with van der Waals surface area (Å²) in [5, 5.41) is 15.2. The standard InChI is InChI=1S/C28H39N5O.C2HF3O2/c1-33(2)25-23-5-3-4-6-24(23)31-27(32-25)30-22-9-7-18(8-10-22)17-29-26(34)28-14-19-11-20(15-28)13-21(12-19)16-28;3-2(4,5)1(6)7/h3-6,18-22H,7-17H2,1-2H3,(H,29,34)(H,30,31,32);(H,6,7). The van der Waals surface area contributed by atoms with Crippen molar-refractivity contribution in [1.29, 1.82) is 0 Å². The zero-order chi connectivity index (χ0) is 29.4. The van der Waals surface area contributed by atoms with E-state index in [0.717, 1.165) is 91.9 Å². The van der Waals surface area contributed by atoms with Gasteiger partial charge in [-0.1, -0.05) is 12.1 Å². The van der Waals surface area contributed by atoms with Crippen LogP contribution in [0.3, 0.4) is 0 Å². The molecule has 8 nitrogen and oxygen atoms in total. The second-order valence-corrected chi connectivity index (χ2v) is 12.9. The molecule has 11 heteroatoms. The third kappa shape index (κ3) is 6.70. The number of nitrogens with zero attached hydrogens (tertiary/aromatic N) is 3. The average Bonchev–Trinajstić information content (AvgIpc) is 2.91. The van der Waals surface area contributed by atoms with E-state index in [-0.39, 0.29) is 5.41 Å². The van der Waals surface area contributed by atoms with Crippen LogP contribution in [0.2, 0.25) is 0 Å². The highest BCUT2D eigenvalue weighted by Crippen LogP contribution is 2.60. The Morgan fingerprint density at radius 3 is 2.07 bits per heavy atom. The van der Waals surface area contributed by atoms with E-state index >= 15 is 0 Å². The Balaban J connectivity index is 0.000000431. The number of anilines is 2. The molecule has 2 aromatic rings. The van der Waals surface area contributed by atoms with Crippen LogP contribution in [0, 0.1) is 29.1 Å². The van der Waals surface area contributed by atoms with Gasteiger partial charge in [0.15, 0.2) is 0 Å². The fourth-order valence-corrected chi connectivity index (χ4v) is 7.97. The smallest absolute Gasteiger partial charge is 0.475 e. The zero-order valence-corrected chi connectivity index (χ0v) is 23.7.